The summed E-state index contributed by atoms with van der Waals surface area (Å²) in [4.78, 5) is 13.3. The highest BCUT2D eigenvalue weighted by Crippen LogP contribution is 2.34. The van der Waals surface area contributed by atoms with Crippen LogP contribution in [0.1, 0.15) is 0 Å². The maximum atomic E-state index is 9.87. The smallest absolute Gasteiger partial charge is 0.423 e. The third-order valence-electron chi connectivity index (χ3n) is 5.02. The minimum absolute atomic E-state index is 0.421. The van der Waals surface area contributed by atoms with Crippen molar-refractivity contribution in [3.05, 3.63) is 85.5 Å². The topological polar surface area (TPSA) is 79.1 Å². The fourth-order valence-corrected chi connectivity index (χ4v) is 3.67. The first-order chi connectivity index (χ1) is 14.2. The van der Waals surface area contributed by atoms with Crippen LogP contribution in [0.2, 0.25) is 0 Å². The Morgan fingerprint density at radius 2 is 1.45 bits per heavy atom. The van der Waals surface area contributed by atoms with E-state index in [4.69, 9.17) is 0 Å². The molecule has 0 saturated heterocycles. The molecule has 0 aliphatic carbocycles. The maximum absolute atomic E-state index is 9.87. The lowest BCUT2D eigenvalue weighted by molar-refractivity contribution is 0.426. The quantitative estimate of drug-likeness (QED) is 0.373. The van der Waals surface area contributed by atoms with E-state index in [1.54, 1.807) is 36.9 Å². The summed E-state index contributed by atoms with van der Waals surface area (Å²) in [5.74, 6) is 0. The van der Waals surface area contributed by atoms with E-state index in [1.807, 2.05) is 42.5 Å². The van der Waals surface area contributed by atoms with Gasteiger partial charge in [-0.05, 0) is 58.0 Å². The Kier molecular flexibility index (Phi) is 4.28. The highest BCUT2D eigenvalue weighted by molar-refractivity contribution is 6.58. The SMILES string of the molecule is OB(O)c1cc(-c2cccnc2)cc(-c2cc3cccnc3c3ncccc23)c1. The zero-order valence-corrected chi connectivity index (χ0v) is 15.4. The first-order valence-electron chi connectivity index (χ1n) is 9.25. The van der Waals surface area contributed by atoms with Crippen LogP contribution in [0.3, 0.4) is 0 Å². The summed E-state index contributed by atoms with van der Waals surface area (Å²) in [5.41, 5.74) is 5.68. The summed E-state index contributed by atoms with van der Waals surface area (Å²) in [6.45, 7) is 0. The lowest BCUT2D eigenvalue weighted by Crippen LogP contribution is -2.30. The molecular formula is C23H16BN3O2. The van der Waals surface area contributed by atoms with Gasteiger partial charge >= 0.3 is 7.12 Å². The minimum atomic E-state index is -1.57. The van der Waals surface area contributed by atoms with Crippen molar-refractivity contribution in [1.82, 2.24) is 15.0 Å². The van der Waals surface area contributed by atoms with E-state index in [0.29, 0.717) is 5.46 Å². The molecule has 0 spiro atoms. The second-order valence-corrected chi connectivity index (χ2v) is 6.86. The standard InChI is InChI=1S/C23H16BN3O2/c28-24(29)19-11-17(16-5-1-7-25-14-16)10-18(12-19)21-13-15-4-2-8-26-22(15)23-20(21)6-3-9-27-23/h1-14,28-29H. The Morgan fingerprint density at radius 1 is 0.690 bits per heavy atom. The first kappa shape index (κ1) is 17.5. The van der Waals surface area contributed by atoms with Gasteiger partial charge in [0.2, 0.25) is 0 Å². The largest absolute Gasteiger partial charge is 0.488 e. The van der Waals surface area contributed by atoms with Crippen molar-refractivity contribution in [1.29, 1.82) is 0 Å². The lowest BCUT2D eigenvalue weighted by atomic mass is 9.77. The second-order valence-electron chi connectivity index (χ2n) is 6.86. The Bertz CT molecular complexity index is 1340. The van der Waals surface area contributed by atoms with Crippen molar-refractivity contribution in [2.24, 2.45) is 0 Å². The van der Waals surface area contributed by atoms with Crippen molar-refractivity contribution >= 4 is 34.4 Å². The van der Waals surface area contributed by atoms with Crippen molar-refractivity contribution in [2.75, 3.05) is 0 Å². The fraction of sp³-hybridized carbons (Fsp3) is 0. The normalized spacial score (nSPS) is 11.1. The Labute approximate surface area is 167 Å². The number of rotatable bonds is 3. The van der Waals surface area contributed by atoms with Gasteiger partial charge in [-0.15, -0.1) is 0 Å². The molecule has 2 aromatic carbocycles. The van der Waals surface area contributed by atoms with Crippen LogP contribution in [0, 0.1) is 0 Å². The summed E-state index contributed by atoms with van der Waals surface area (Å²) in [5, 5.41) is 21.7. The van der Waals surface area contributed by atoms with Gasteiger partial charge in [-0.3, -0.25) is 15.0 Å². The lowest BCUT2D eigenvalue weighted by Gasteiger charge is -2.13. The van der Waals surface area contributed by atoms with Crippen LogP contribution in [-0.2, 0) is 0 Å². The number of hydrogen-bond donors (Lipinski definition) is 2. The summed E-state index contributed by atoms with van der Waals surface area (Å²) in [7, 11) is -1.57. The van der Waals surface area contributed by atoms with Crippen LogP contribution in [0.5, 0.6) is 0 Å². The zero-order chi connectivity index (χ0) is 19.8. The molecule has 0 atom stereocenters. The van der Waals surface area contributed by atoms with Gasteiger partial charge in [-0.2, -0.15) is 0 Å². The Hall–Kier alpha value is -3.61. The van der Waals surface area contributed by atoms with Crippen molar-refractivity contribution in [3.8, 4) is 22.3 Å². The van der Waals surface area contributed by atoms with Crippen LogP contribution in [0.15, 0.2) is 85.5 Å². The van der Waals surface area contributed by atoms with Gasteiger partial charge in [-0.25, -0.2) is 0 Å². The molecule has 0 aliphatic rings. The van der Waals surface area contributed by atoms with Crippen LogP contribution in [0.4, 0.5) is 0 Å². The third-order valence-corrected chi connectivity index (χ3v) is 5.02. The van der Waals surface area contributed by atoms with Gasteiger partial charge in [-0.1, -0.05) is 30.3 Å². The minimum Gasteiger partial charge on any atom is -0.423 e. The molecule has 0 radical (unpaired) electrons. The molecule has 0 saturated carbocycles. The second kappa shape index (κ2) is 7.09. The van der Waals surface area contributed by atoms with Gasteiger partial charge in [0.15, 0.2) is 0 Å². The third kappa shape index (κ3) is 3.14. The van der Waals surface area contributed by atoms with Gasteiger partial charge in [0.1, 0.15) is 0 Å². The highest BCUT2D eigenvalue weighted by atomic mass is 16.4. The maximum Gasteiger partial charge on any atom is 0.488 e. The summed E-state index contributed by atoms with van der Waals surface area (Å²) in [6.07, 6.45) is 7.00. The number of hydrogen-bond acceptors (Lipinski definition) is 5. The molecule has 5 aromatic rings. The highest BCUT2D eigenvalue weighted by Gasteiger charge is 2.17. The number of benzene rings is 2. The van der Waals surface area contributed by atoms with E-state index in [-0.39, 0.29) is 0 Å². The number of pyridine rings is 3. The summed E-state index contributed by atoms with van der Waals surface area (Å²) in [6, 6.07) is 19.3. The van der Waals surface area contributed by atoms with Crippen molar-refractivity contribution < 1.29 is 10.0 Å². The van der Waals surface area contributed by atoms with Gasteiger partial charge in [0.25, 0.3) is 0 Å². The number of nitrogens with zero attached hydrogens (tertiary/aromatic N) is 3. The van der Waals surface area contributed by atoms with E-state index in [2.05, 4.69) is 21.0 Å². The molecule has 0 fully saturated rings. The molecule has 3 aromatic heterocycles. The average Bonchev–Trinajstić information content (AvgIpc) is 2.79. The van der Waals surface area contributed by atoms with Crippen molar-refractivity contribution in [2.45, 2.75) is 0 Å². The summed E-state index contributed by atoms with van der Waals surface area (Å²) >= 11 is 0. The summed E-state index contributed by atoms with van der Waals surface area (Å²) < 4.78 is 0. The molecule has 2 N–H and O–H groups in total. The molecule has 3 heterocycles. The zero-order valence-electron chi connectivity index (χ0n) is 15.4. The molecule has 29 heavy (non-hydrogen) atoms. The Balaban J connectivity index is 1.83. The molecule has 0 aliphatic heterocycles. The molecule has 138 valence electrons. The fourth-order valence-electron chi connectivity index (χ4n) is 3.67. The van der Waals surface area contributed by atoms with Gasteiger partial charge in [0.05, 0.1) is 11.0 Å². The molecule has 0 unspecified atom stereocenters. The van der Waals surface area contributed by atoms with E-state index < -0.39 is 7.12 Å². The van der Waals surface area contributed by atoms with E-state index in [9.17, 15) is 10.0 Å². The van der Waals surface area contributed by atoms with Crippen molar-refractivity contribution in [3.63, 3.8) is 0 Å². The van der Waals surface area contributed by atoms with Crippen LogP contribution >= 0.6 is 0 Å². The van der Waals surface area contributed by atoms with E-state index >= 15 is 0 Å². The molecule has 0 amide bonds. The molecule has 5 nitrogen and oxygen atoms in total. The van der Waals surface area contributed by atoms with Crippen LogP contribution in [-0.4, -0.2) is 32.1 Å². The van der Waals surface area contributed by atoms with E-state index in [0.717, 1.165) is 44.1 Å². The average molecular weight is 377 g/mol. The molecule has 0 bridgehead atoms. The predicted molar refractivity (Wildman–Crippen MR) is 116 cm³/mol. The monoisotopic (exact) mass is 377 g/mol. The molecule has 6 heteroatoms. The van der Waals surface area contributed by atoms with Crippen LogP contribution < -0.4 is 5.46 Å². The van der Waals surface area contributed by atoms with Gasteiger partial charge in [0, 0.05) is 35.6 Å². The number of aromatic nitrogens is 3. The first-order valence-corrected chi connectivity index (χ1v) is 9.25. The molecular weight excluding hydrogens is 361 g/mol. The predicted octanol–water partition coefficient (Wildman–Crippen LogP) is 3.19. The van der Waals surface area contributed by atoms with Gasteiger partial charge < -0.3 is 10.0 Å². The Morgan fingerprint density at radius 3 is 2.24 bits per heavy atom. The van der Waals surface area contributed by atoms with Crippen LogP contribution in [0.25, 0.3) is 44.1 Å². The molecule has 5 rings (SSSR count). The number of fused-ring (bicyclic) bond motifs is 3. The van der Waals surface area contributed by atoms with E-state index in [1.165, 1.54) is 0 Å².